The van der Waals surface area contributed by atoms with Crippen molar-refractivity contribution in [2.45, 2.75) is 26.4 Å². The molecule has 0 fully saturated rings. The van der Waals surface area contributed by atoms with Crippen molar-refractivity contribution < 1.29 is 0 Å². The van der Waals surface area contributed by atoms with Crippen LogP contribution < -0.4 is 5.32 Å². The largest absolute Gasteiger partial charge is 0.308 e. The molecule has 84 valence electrons. The molecule has 0 bridgehead atoms. The summed E-state index contributed by atoms with van der Waals surface area (Å²) in [5.74, 6) is 1.18. The molecule has 1 aromatic carbocycles. The summed E-state index contributed by atoms with van der Waals surface area (Å²) in [5.41, 5.74) is 1.19. The number of halogens is 2. The van der Waals surface area contributed by atoms with E-state index in [0.29, 0.717) is 17.8 Å². The number of alkyl halides is 1. The normalized spacial score (nSPS) is 13.1. The average molecular weight is 246 g/mol. The molecule has 0 aliphatic carbocycles. The Bertz CT molecular complexity index is 299. The van der Waals surface area contributed by atoms with Crippen LogP contribution in [0.2, 0.25) is 5.02 Å². The average Bonchev–Trinajstić information content (AvgIpc) is 2.18. The predicted molar refractivity (Wildman–Crippen MR) is 67.6 cm³/mol. The summed E-state index contributed by atoms with van der Waals surface area (Å²) >= 11 is 11.8. The van der Waals surface area contributed by atoms with Gasteiger partial charge in [-0.2, -0.15) is 0 Å². The summed E-state index contributed by atoms with van der Waals surface area (Å²) < 4.78 is 0. The van der Waals surface area contributed by atoms with E-state index >= 15 is 0 Å². The van der Waals surface area contributed by atoms with Crippen molar-refractivity contribution in [2.75, 3.05) is 5.88 Å². The van der Waals surface area contributed by atoms with Crippen LogP contribution in [0.25, 0.3) is 0 Å². The Kier molecular flexibility index (Phi) is 5.44. The van der Waals surface area contributed by atoms with Gasteiger partial charge in [0.2, 0.25) is 0 Å². The number of nitrogens with one attached hydrogen (secondary N) is 1. The lowest BCUT2D eigenvalue weighted by atomic mass is 10.1. The molecule has 0 radical (unpaired) electrons. The van der Waals surface area contributed by atoms with Crippen LogP contribution in [0.5, 0.6) is 0 Å². The fourth-order valence-electron chi connectivity index (χ4n) is 1.36. The lowest BCUT2D eigenvalue weighted by molar-refractivity contribution is 0.430. The van der Waals surface area contributed by atoms with Crippen molar-refractivity contribution in [1.29, 1.82) is 0 Å². The van der Waals surface area contributed by atoms with Crippen LogP contribution in [0.15, 0.2) is 24.3 Å². The van der Waals surface area contributed by atoms with Crippen LogP contribution in [-0.4, -0.2) is 11.9 Å². The maximum Gasteiger partial charge on any atom is 0.0409 e. The second-order valence-electron chi connectivity index (χ2n) is 4.02. The third kappa shape index (κ3) is 4.42. The van der Waals surface area contributed by atoms with Crippen LogP contribution in [0.4, 0.5) is 0 Å². The summed E-state index contributed by atoms with van der Waals surface area (Å²) in [6, 6.07) is 8.23. The molecule has 0 saturated carbocycles. The van der Waals surface area contributed by atoms with E-state index in [2.05, 4.69) is 25.2 Å². The van der Waals surface area contributed by atoms with Crippen LogP contribution in [0.3, 0.4) is 0 Å². The molecule has 3 heteroatoms. The van der Waals surface area contributed by atoms with E-state index in [0.717, 1.165) is 11.6 Å². The summed E-state index contributed by atoms with van der Waals surface area (Å²) in [4.78, 5) is 0. The van der Waals surface area contributed by atoms with E-state index in [1.807, 2.05) is 18.2 Å². The second kappa shape index (κ2) is 6.37. The highest BCUT2D eigenvalue weighted by Crippen LogP contribution is 2.11. The van der Waals surface area contributed by atoms with E-state index < -0.39 is 0 Å². The maximum absolute atomic E-state index is 5.90. The topological polar surface area (TPSA) is 12.0 Å². The van der Waals surface area contributed by atoms with Crippen LogP contribution >= 0.6 is 23.2 Å². The van der Waals surface area contributed by atoms with Crippen molar-refractivity contribution in [3.63, 3.8) is 0 Å². The molecule has 1 aromatic rings. The fourth-order valence-corrected chi connectivity index (χ4v) is 2.04. The Labute approximate surface area is 102 Å². The number of hydrogen-bond donors (Lipinski definition) is 1. The molecule has 0 aromatic heterocycles. The van der Waals surface area contributed by atoms with Gasteiger partial charge in [0.1, 0.15) is 0 Å². The fraction of sp³-hybridized carbons (Fsp3) is 0.500. The molecular weight excluding hydrogens is 229 g/mol. The smallest absolute Gasteiger partial charge is 0.0409 e. The Morgan fingerprint density at radius 1 is 1.33 bits per heavy atom. The Morgan fingerprint density at radius 2 is 2.07 bits per heavy atom. The van der Waals surface area contributed by atoms with E-state index in [-0.39, 0.29) is 0 Å². The van der Waals surface area contributed by atoms with Crippen molar-refractivity contribution in [3.05, 3.63) is 34.9 Å². The van der Waals surface area contributed by atoms with Gasteiger partial charge in [-0.1, -0.05) is 37.6 Å². The Morgan fingerprint density at radius 3 is 2.60 bits per heavy atom. The van der Waals surface area contributed by atoms with Gasteiger partial charge in [-0.15, -0.1) is 11.6 Å². The van der Waals surface area contributed by atoms with Crippen molar-refractivity contribution in [2.24, 2.45) is 5.92 Å². The van der Waals surface area contributed by atoms with Gasteiger partial charge in [0, 0.05) is 23.5 Å². The van der Waals surface area contributed by atoms with E-state index in [9.17, 15) is 0 Å². The van der Waals surface area contributed by atoms with Crippen molar-refractivity contribution in [3.8, 4) is 0 Å². The molecule has 1 N–H and O–H groups in total. The van der Waals surface area contributed by atoms with Gasteiger partial charge < -0.3 is 5.32 Å². The van der Waals surface area contributed by atoms with Crippen LogP contribution in [0.1, 0.15) is 19.4 Å². The molecular formula is C12H17Cl2N. The van der Waals surface area contributed by atoms with Crippen molar-refractivity contribution >= 4 is 23.2 Å². The van der Waals surface area contributed by atoms with Crippen LogP contribution in [-0.2, 0) is 6.54 Å². The molecule has 1 rings (SSSR count). The first kappa shape index (κ1) is 12.8. The highest BCUT2D eigenvalue weighted by molar-refractivity contribution is 6.30. The van der Waals surface area contributed by atoms with Gasteiger partial charge in [-0.25, -0.2) is 0 Å². The standard InChI is InChI=1S/C12H17Cl2N/c1-9(2)12(7-13)15-8-10-4-3-5-11(14)6-10/h3-6,9,12,15H,7-8H2,1-2H3. The van der Waals surface area contributed by atoms with Crippen LogP contribution in [0, 0.1) is 5.92 Å². The molecule has 0 heterocycles. The predicted octanol–water partition coefficient (Wildman–Crippen LogP) is 3.69. The molecule has 0 amide bonds. The first-order valence-corrected chi connectivity index (χ1v) is 6.08. The summed E-state index contributed by atoms with van der Waals surface area (Å²) in [6.45, 7) is 5.15. The minimum atomic E-state index is 0.352. The van der Waals surface area contributed by atoms with Gasteiger partial charge in [-0.05, 0) is 23.6 Å². The minimum absolute atomic E-state index is 0.352. The van der Waals surface area contributed by atoms with E-state index in [1.165, 1.54) is 5.56 Å². The van der Waals surface area contributed by atoms with Gasteiger partial charge in [0.25, 0.3) is 0 Å². The van der Waals surface area contributed by atoms with Gasteiger partial charge >= 0.3 is 0 Å². The second-order valence-corrected chi connectivity index (χ2v) is 4.76. The zero-order valence-corrected chi connectivity index (χ0v) is 10.6. The van der Waals surface area contributed by atoms with Gasteiger partial charge in [0.05, 0.1) is 0 Å². The first-order valence-electron chi connectivity index (χ1n) is 5.17. The number of benzene rings is 1. The summed E-state index contributed by atoms with van der Waals surface area (Å²) in [6.07, 6.45) is 0. The molecule has 0 aliphatic heterocycles. The maximum atomic E-state index is 5.90. The molecule has 0 aliphatic rings. The zero-order valence-electron chi connectivity index (χ0n) is 9.13. The quantitative estimate of drug-likeness (QED) is 0.781. The molecule has 1 atom stereocenters. The van der Waals surface area contributed by atoms with E-state index in [4.69, 9.17) is 23.2 Å². The lowest BCUT2D eigenvalue weighted by Gasteiger charge is -2.19. The van der Waals surface area contributed by atoms with E-state index in [1.54, 1.807) is 0 Å². The highest BCUT2D eigenvalue weighted by atomic mass is 35.5. The SMILES string of the molecule is CC(C)C(CCl)NCc1cccc(Cl)c1. The third-order valence-electron chi connectivity index (χ3n) is 2.43. The van der Waals surface area contributed by atoms with Gasteiger partial charge in [0.15, 0.2) is 0 Å². The lowest BCUT2D eigenvalue weighted by Crippen LogP contribution is -2.34. The number of rotatable bonds is 5. The molecule has 1 nitrogen and oxygen atoms in total. The molecule has 15 heavy (non-hydrogen) atoms. The van der Waals surface area contributed by atoms with Crippen molar-refractivity contribution in [1.82, 2.24) is 5.32 Å². The summed E-state index contributed by atoms with van der Waals surface area (Å²) in [5, 5.41) is 4.20. The third-order valence-corrected chi connectivity index (χ3v) is 3.00. The summed E-state index contributed by atoms with van der Waals surface area (Å²) in [7, 11) is 0. The minimum Gasteiger partial charge on any atom is -0.308 e. The molecule has 0 spiro atoms. The molecule has 1 unspecified atom stereocenters. The van der Waals surface area contributed by atoms with Gasteiger partial charge in [-0.3, -0.25) is 0 Å². The number of hydrogen-bond acceptors (Lipinski definition) is 1. The zero-order chi connectivity index (χ0) is 11.3. The first-order chi connectivity index (χ1) is 7.13. The highest BCUT2D eigenvalue weighted by Gasteiger charge is 2.10. The Balaban J connectivity index is 2.49. The monoisotopic (exact) mass is 245 g/mol. The molecule has 0 saturated heterocycles. The Hall–Kier alpha value is -0.240.